The molecule has 104 valence electrons. The second kappa shape index (κ2) is 6.85. The molecule has 1 fully saturated rings. The van der Waals surface area contributed by atoms with Crippen LogP contribution in [-0.2, 0) is 6.42 Å². The first-order chi connectivity index (χ1) is 9.13. The Morgan fingerprint density at radius 3 is 2.58 bits per heavy atom. The summed E-state index contributed by atoms with van der Waals surface area (Å²) < 4.78 is 12.8. The summed E-state index contributed by atoms with van der Waals surface area (Å²) in [4.78, 5) is 0. The van der Waals surface area contributed by atoms with Crippen LogP contribution in [0.4, 0.5) is 4.39 Å². The number of rotatable bonds is 4. The number of benzene rings is 1. The number of hydrogen-bond donors (Lipinski definition) is 2. The summed E-state index contributed by atoms with van der Waals surface area (Å²) in [6.45, 7) is 2.09. The average Bonchev–Trinajstić information content (AvgIpc) is 2.84. The molecule has 0 bridgehead atoms. The number of thiocarbonyl (C=S) groups is 1. The minimum absolute atomic E-state index is 0.192. The highest BCUT2D eigenvalue weighted by Crippen LogP contribution is 2.17. The first-order valence-corrected chi connectivity index (χ1v) is 7.36. The molecular formula is C15H21FN2S. The monoisotopic (exact) mass is 280 g/mol. The van der Waals surface area contributed by atoms with Gasteiger partial charge in [-0.1, -0.05) is 25.0 Å². The minimum Gasteiger partial charge on any atom is -0.360 e. The lowest BCUT2D eigenvalue weighted by molar-refractivity contribution is 0.593. The Hall–Kier alpha value is -1.16. The van der Waals surface area contributed by atoms with Crippen molar-refractivity contribution in [1.29, 1.82) is 0 Å². The van der Waals surface area contributed by atoms with Crippen molar-refractivity contribution >= 4 is 17.3 Å². The summed E-state index contributed by atoms with van der Waals surface area (Å²) >= 11 is 5.32. The molecule has 1 saturated carbocycles. The molecule has 1 unspecified atom stereocenters. The highest BCUT2D eigenvalue weighted by atomic mass is 32.1. The van der Waals surface area contributed by atoms with Crippen LogP contribution >= 0.6 is 12.2 Å². The van der Waals surface area contributed by atoms with Gasteiger partial charge in [0.15, 0.2) is 5.11 Å². The fourth-order valence-corrected chi connectivity index (χ4v) is 2.91. The molecule has 0 heterocycles. The molecule has 1 aliphatic carbocycles. The van der Waals surface area contributed by atoms with Crippen LogP contribution < -0.4 is 10.6 Å². The SMILES string of the molecule is CC(Cc1ccc(F)cc1)NC(=S)NC1CCCC1. The van der Waals surface area contributed by atoms with Crippen molar-refractivity contribution in [2.24, 2.45) is 0 Å². The summed E-state index contributed by atoms with van der Waals surface area (Å²) in [6, 6.07) is 7.42. The van der Waals surface area contributed by atoms with Gasteiger partial charge in [-0.25, -0.2) is 4.39 Å². The van der Waals surface area contributed by atoms with Gasteiger partial charge in [-0.05, 0) is 56.1 Å². The van der Waals surface area contributed by atoms with Gasteiger partial charge in [-0.2, -0.15) is 0 Å². The molecule has 0 radical (unpaired) electrons. The standard InChI is InChI=1S/C15H21FN2S/c1-11(10-12-6-8-13(16)9-7-12)17-15(19)18-14-4-2-3-5-14/h6-9,11,14H,2-5,10H2,1H3,(H2,17,18,19). The van der Waals surface area contributed by atoms with Gasteiger partial charge in [-0.3, -0.25) is 0 Å². The molecule has 1 aliphatic rings. The summed E-state index contributed by atoms with van der Waals surface area (Å²) in [5, 5.41) is 7.40. The van der Waals surface area contributed by atoms with E-state index in [1.54, 1.807) is 0 Å². The van der Waals surface area contributed by atoms with Crippen LogP contribution in [0.5, 0.6) is 0 Å². The van der Waals surface area contributed by atoms with Gasteiger partial charge in [0.2, 0.25) is 0 Å². The molecule has 0 saturated heterocycles. The molecule has 0 spiro atoms. The summed E-state index contributed by atoms with van der Waals surface area (Å²) in [5.41, 5.74) is 1.12. The molecule has 4 heteroatoms. The van der Waals surface area contributed by atoms with E-state index in [2.05, 4.69) is 17.6 Å². The van der Waals surface area contributed by atoms with Crippen molar-refractivity contribution in [3.8, 4) is 0 Å². The molecule has 2 nitrogen and oxygen atoms in total. The van der Waals surface area contributed by atoms with Crippen LogP contribution in [0.1, 0.15) is 38.2 Å². The van der Waals surface area contributed by atoms with Crippen LogP contribution in [0.25, 0.3) is 0 Å². The van der Waals surface area contributed by atoms with Gasteiger partial charge in [0.1, 0.15) is 5.82 Å². The van der Waals surface area contributed by atoms with E-state index in [1.807, 2.05) is 12.1 Å². The highest BCUT2D eigenvalue weighted by Gasteiger charge is 2.16. The zero-order chi connectivity index (χ0) is 13.7. The number of nitrogens with one attached hydrogen (secondary N) is 2. The van der Waals surface area contributed by atoms with E-state index in [1.165, 1.54) is 37.8 Å². The largest absolute Gasteiger partial charge is 0.360 e. The first-order valence-electron chi connectivity index (χ1n) is 6.95. The third-order valence-electron chi connectivity index (χ3n) is 3.52. The summed E-state index contributed by atoms with van der Waals surface area (Å²) in [5.74, 6) is -0.192. The molecule has 19 heavy (non-hydrogen) atoms. The molecule has 2 N–H and O–H groups in total. The molecule has 2 rings (SSSR count). The molecule has 0 amide bonds. The Morgan fingerprint density at radius 1 is 1.32 bits per heavy atom. The van der Waals surface area contributed by atoms with Crippen molar-refractivity contribution in [3.05, 3.63) is 35.6 Å². The van der Waals surface area contributed by atoms with E-state index in [4.69, 9.17) is 12.2 Å². The lowest BCUT2D eigenvalue weighted by Crippen LogP contribution is -2.45. The van der Waals surface area contributed by atoms with Crippen LogP contribution in [0.2, 0.25) is 0 Å². The Morgan fingerprint density at radius 2 is 1.95 bits per heavy atom. The minimum atomic E-state index is -0.192. The van der Waals surface area contributed by atoms with E-state index < -0.39 is 0 Å². The second-order valence-corrected chi connectivity index (χ2v) is 5.74. The third-order valence-corrected chi connectivity index (χ3v) is 3.76. The zero-order valence-electron chi connectivity index (χ0n) is 11.3. The van der Waals surface area contributed by atoms with Crippen LogP contribution in [0.3, 0.4) is 0 Å². The Kier molecular flexibility index (Phi) is 5.14. The zero-order valence-corrected chi connectivity index (χ0v) is 12.1. The predicted octanol–water partition coefficient (Wildman–Crippen LogP) is 3.16. The molecule has 1 atom stereocenters. The van der Waals surface area contributed by atoms with Gasteiger partial charge in [-0.15, -0.1) is 0 Å². The van der Waals surface area contributed by atoms with Gasteiger partial charge in [0, 0.05) is 12.1 Å². The van der Waals surface area contributed by atoms with Crippen molar-refractivity contribution in [1.82, 2.24) is 10.6 Å². The number of halogens is 1. The predicted molar refractivity (Wildman–Crippen MR) is 80.7 cm³/mol. The van der Waals surface area contributed by atoms with Crippen LogP contribution in [-0.4, -0.2) is 17.2 Å². The lowest BCUT2D eigenvalue weighted by Gasteiger charge is -2.20. The van der Waals surface area contributed by atoms with Gasteiger partial charge in [0.25, 0.3) is 0 Å². The van der Waals surface area contributed by atoms with Crippen LogP contribution in [0.15, 0.2) is 24.3 Å². The molecule has 0 aliphatic heterocycles. The van der Waals surface area contributed by atoms with Gasteiger partial charge in [0.05, 0.1) is 0 Å². The quantitative estimate of drug-likeness (QED) is 0.829. The fraction of sp³-hybridized carbons (Fsp3) is 0.533. The Labute approximate surface area is 119 Å². The van der Waals surface area contributed by atoms with Crippen molar-refractivity contribution in [2.75, 3.05) is 0 Å². The third kappa shape index (κ3) is 4.78. The normalized spacial score (nSPS) is 17.2. The average molecular weight is 280 g/mol. The first kappa shape index (κ1) is 14.3. The highest BCUT2D eigenvalue weighted by molar-refractivity contribution is 7.80. The Balaban J connectivity index is 1.75. The molecule has 1 aromatic rings. The van der Waals surface area contributed by atoms with Gasteiger partial charge < -0.3 is 10.6 Å². The summed E-state index contributed by atoms with van der Waals surface area (Å²) in [7, 11) is 0. The maximum atomic E-state index is 12.8. The Bertz CT molecular complexity index is 413. The van der Waals surface area contributed by atoms with Crippen molar-refractivity contribution in [3.63, 3.8) is 0 Å². The summed E-state index contributed by atoms with van der Waals surface area (Å²) in [6.07, 6.45) is 5.87. The van der Waals surface area contributed by atoms with E-state index in [0.29, 0.717) is 6.04 Å². The number of hydrogen-bond acceptors (Lipinski definition) is 1. The fourth-order valence-electron chi connectivity index (χ4n) is 2.55. The van der Waals surface area contributed by atoms with E-state index in [-0.39, 0.29) is 11.9 Å². The topological polar surface area (TPSA) is 24.1 Å². The van der Waals surface area contributed by atoms with E-state index in [0.717, 1.165) is 17.1 Å². The lowest BCUT2D eigenvalue weighted by atomic mass is 10.1. The molecule has 0 aromatic heterocycles. The maximum absolute atomic E-state index is 12.8. The molecular weight excluding hydrogens is 259 g/mol. The second-order valence-electron chi connectivity index (χ2n) is 5.33. The van der Waals surface area contributed by atoms with E-state index >= 15 is 0 Å². The van der Waals surface area contributed by atoms with Gasteiger partial charge >= 0.3 is 0 Å². The van der Waals surface area contributed by atoms with Crippen LogP contribution in [0, 0.1) is 5.82 Å². The van der Waals surface area contributed by atoms with Crippen molar-refractivity contribution < 1.29 is 4.39 Å². The van der Waals surface area contributed by atoms with E-state index in [9.17, 15) is 4.39 Å². The molecule has 1 aromatic carbocycles. The smallest absolute Gasteiger partial charge is 0.166 e. The maximum Gasteiger partial charge on any atom is 0.166 e. The van der Waals surface area contributed by atoms with Crippen molar-refractivity contribution in [2.45, 2.75) is 51.1 Å².